The molecular formula is C41H77NO12S. The van der Waals surface area contributed by atoms with Crippen molar-refractivity contribution in [3.63, 3.8) is 0 Å². The van der Waals surface area contributed by atoms with Gasteiger partial charge in [-0.25, -0.2) is 4.18 Å². The smallest absolute Gasteiger partial charge is 0.394 e. The third-order valence-corrected chi connectivity index (χ3v) is 10.5. The molecule has 0 spiro atoms. The standard InChI is InChI=1S/C41H77NO12S/c1-3-5-7-9-11-12-13-14-15-16-17-18-19-20-21-22-24-26-28-30-35(45)40(48)42-33(34(44)29-27-25-23-10-8-6-4-2)32-52-41-38(47)39(54-55(49,50)51)37(46)36(31-43)53-41/h17-18,27,29,33-39,41,43-47H,3-16,19-26,28,30-32H2,1-2H3,(H,42,48)(H,49,50,51)/b18-17-,29-27+. The molecular weight excluding hydrogens is 731 g/mol. The third-order valence-electron chi connectivity index (χ3n) is 10.1. The van der Waals surface area contributed by atoms with Gasteiger partial charge in [0.15, 0.2) is 6.29 Å². The summed E-state index contributed by atoms with van der Waals surface area (Å²) in [7, 11) is -5.11. The zero-order chi connectivity index (χ0) is 40.7. The van der Waals surface area contributed by atoms with Crippen molar-refractivity contribution in [2.24, 2.45) is 0 Å². The summed E-state index contributed by atoms with van der Waals surface area (Å²) in [5.74, 6) is -0.712. The number of aliphatic hydroxyl groups excluding tert-OH is 5. The Morgan fingerprint density at radius 2 is 1.20 bits per heavy atom. The van der Waals surface area contributed by atoms with E-state index >= 15 is 0 Å². The molecule has 0 bridgehead atoms. The number of hydrogen-bond donors (Lipinski definition) is 7. The molecule has 13 nitrogen and oxygen atoms in total. The Bertz CT molecular complexity index is 1110. The van der Waals surface area contributed by atoms with E-state index in [9.17, 15) is 38.7 Å². The molecule has 1 amide bonds. The molecule has 1 aliphatic rings. The van der Waals surface area contributed by atoms with Gasteiger partial charge in [-0.1, -0.05) is 147 Å². The van der Waals surface area contributed by atoms with Crippen molar-refractivity contribution in [3.8, 4) is 0 Å². The highest BCUT2D eigenvalue weighted by molar-refractivity contribution is 7.80. The number of nitrogens with one attached hydrogen (secondary N) is 1. The highest BCUT2D eigenvalue weighted by Crippen LogP contribution is 2.26. The van der Waals surface area contributed by atoms with E-state index in [0.717, 1.165) is 77.0 Å². The zero-order valence-corrected chi connectivity index (χ0v) is 34.7. The van der Waals surface area contributed by atoms with Crippen molar-refractivity contribution in [1.82, 2.24) is 5.32 Å². The van der Waals surface area contributed by atoms with Gasteiger partial charge in [0.05, 0.1) is 25.4 Å². The number of carbonyl (C=O) groups excluding carboxylic acids is 1. The van der Waals surface area contributed by atoms with Crippen molar-refractivity contribution in [2.45, 2.75) is 217 Å². The van der Waals surface area contributed by atoms with Crippen molar-refractivity contribution >= 4 is 16.3 Å². The number of hydrogen-bond acceptors (Lipinski definition) is 11. The second-order valence-corrected chi connectivity index (χ2v) is 16.1. The number of unbranched alkanes of at least 4 members (excludes halogenated alkanes) is 20. The van der Waals surface area contributed by atoms with Crippen LogP contribution in [0.1, 0.15) is 168 Å². The SMILES string of the molecule is CCCCCCC/C=C/C(O)C(COC1OC(CO)C(O)C(OS(=O)(=O)O)C1O)NC(=O)C(O)CCCCCCCC/C=C\CCCCCCCCCCC. The summed E-state index contributed by atoms with van der Waals surface area (Å²) in [5, 5.41) is 54.8. The molecule has 1 rings (SSSR count). The average Bonchev–Trinajstić information content (AvgIpc) is 3.15. The fraction of sp³-hybridized carbons (Fsp3) is 0.878. The number of ether oxygens (including phenoxy) is 2. The van der Waals surface area contributed by atoms with Gasteiger partial charge in [0.2, 0.25) is 5.91 Å². The molecule has 0 aromatic heterocycles. The fourth-order valence-corrected chi connectivity index (χ4v) is 7.14. The molecule has 7 N–H and O–H groups in total. The number of rotatable bonds is 35. The summed E-state index contributed by atoms with van der Waals surface area (Å²) in [5.41, 5.74) is 0. The van der Waals surface area contributed by atoms with E-state index in [1.165, 1.54) is 63.9 Å². The molecule has 324 valence electrons. The second kappa shape index (κ2) is 32.5. The highest BCUT2D eigenvalue weighted by atomic mass is 32.3. The second-order valence-electron chi connectivity index (χ2n) is 15.1. The first-order valence-electron chi connectivity index (χ1n) is 21.3. The predicted octanol–water partition coefficient (Wildman–Crippen LogP) is 6.35. The van der Waals surface area contributed by atoms with E-state index < -0.39 is 78.5 Å². The molecule has 1 fully saturated rings. The van der Waals surface area contributed by atoms with Crippen molar-refractivity contribution < 1.29 is 57.0 Å². The highest BCUT2D eigenvalue weighted by Gasteiger charge is 2.48. The van der Waals surface area contributed by atoms with Gasteiger partial charge in [0, 0.05) is 0 Å². The summed E-state index contributed by atoms with van der Waals surface area (Å²) in [4.78, 5) is 13.0. The number of carbonyl (C=O) groups is 1. The number of aliphatic hydroxyl groups is 5. The molecule has 0 aromatic carbocycles. The Morgan fingerprint density at radius 3 is 1.69 bits per heavy atom. The Hall–Kier alpha value is -1.46. The van der Waals surface area contributed by atoms with Crippen LogP contribution in [0.25, 0.3) is 0 Å². The Kier molecular flexibility index (Phi) is 30.5. The van der Waals surface area contributed by atoms with Gasteiger partial charge in [0.1, 0.15) is 30.5 Å². The third kappa shape index (κ3) is 25.5. The summed E-state index contributed by atoms with van der Waals surface area (Å²) in [6.45, 7) is 3.12. The van der Waals surface area contributed by atoms with Gasteiger partial charge >= 0.3 is 10.4 Å². The molecule has 14 heteroatoms. The Labute approximate surface area is 332 Å². The minimum Gasteiger partial charge on any atom is -0.394 e. The van der Waals surface area contributed by atoms with E-state index in [-0.39, 0.29) is 6.42 Å². The summed E-state index contributed by atoms with van der Waals surface area (Å²) in [6.07, 6.45) is 23.1. The number of allylic oxidation sites excluding steroid dienone is 3. The minimum absolute atomic E-state index is 0.236. The van der Waals surface area contributed by atoms with Crippen LogP contribution in [0.5, 0.6) is 0 Å². The van der Waals surface area contributed by atoms with Crippen LogP contribution in [0.2, 0.25) is 0 Å². The molecule has 8 unspecified atom stereocenters. The van der Waals surface area contributed by atoms with Crippen LogP contribution in [0.4, 0.5) is 0 Å². The predicted molar refractivity (Wildman–Crippen MR) is 215 cm³/mol. The first kappa shape index (κ1) is 51.6. The lowest BCUT2D eigenvalue weighted by Gasteiger charge is -2.41. The van der Waals surface area contributed by atoms with E-state index in [2.05, 4.69) is 35.5 Å². The lowest BCUT2D eigenvalue weighted by molar-refractivity contribution is -0.298. The Balaban J connectivity index is 2.51. The summed E-state index contributed by atoms with van der Waals surface area (Å²) in [6, 6.07) is -1.12. The van der Waals surface area contributed by atoms with Crippen LogP contribution < -0.4 is 5.32 Å². The maximum Gasteiger partial charge on any atom is 0.397 e. The van der Waals surface area contributed by atoms with Gasteiger partial charge in [0.25, 0.3) is 0 Å². The average molecular weight is 808 g/mol. The van der Waals surface area contributed by atoms with E-state index in [0.29, 0.717) is 12.8 Å². The molecule has 1 saturated heterocycles. The lowest BCUT2D eigenvalue weighted by atomic mass is 9.99. The van der Waals surface area contributed by atoms with Gasteiger partial charge in [-0.3, -0.25) is 9.35 Å². The van der Waals surface area contributed by atoms with Crippen LogP contribution >= 0.6 is 0 Å². The maximum absolute atomic E-state index is 13.0. The minimum atomic E-state index is -5.11. The summed E-state index contributed by atoms with van der Waals surface area (Å²) >= 11 is 0. The van der Waals surface area contributed by atoms with Gasteiger partial charge in [-0.05, 0) is 44.9 Å². The van der Waals surface area contributed by atoms with Crippen LogP contribution in [0, 0.1) is 0 Å². The van der Waals surface area contributed by atoms with Crippen LogP contribution in [-0.2, 0) is 28.9 Å². The first-order chi connectivity index (χ1) is 26.4. The van der Waals surface area contributed by atoms with Crippen LogP contribution in [0.15, 0.2) is 24.3 Å². The largest absolute Gasteiger partial charge is 0.397 e. The van der Waals surface area contributed by atoms with Crippen molar-refractivity contribution in [3.05, 3.63) is 24.3 Å². The van der Waals surface area contributed by atoms with Gasteiger partial charge < -0.3 is 40.3 Å². The molecule has 8 atom stereocenters. The molecule has 0 saturated carbocycles. The zero-order valence-electron chi connectivity index (χ0n) is 33.9. The molecule has 0 aliphatic carbocycles. The van der Waals surface area contributed by atoms with Crippen LogP contribution in [-0.4, -0.2) is 107 Å². The lowest BCUT2D eigenvalue weighted by Crippen LogP contribution is -2.61. The monoisotopic (exact) mass is 808 g/mol. The van der Waals surface area contributed by atoms with Gasteiger partial charge in [-0.15, -0.1) is 0 Å². The Morgan fingerprint density at radius 1 is 0.727 bits per heavy atom. The molecule has 0 aromatic rings. The van der Waals surface area contributed by atoms with Crippen molar-refractivity contribution in [1.29, 1.82) is 0 Å². The molecule has 0 radical (unpaired) electrons. The van der Waals surface area contributed by atoms with E-state index in [4.69, 9.17) is 14.0 Å². The van der Waals surface area contributed by atoms with Gasteiger partial charge in [-0.2, -0.15) is 8.42 Å². The molecule has 1 heterocycles. The maximum atomic E-state index is 13.0. The first-order valence-corrected chi connectivity index (χ1v) is 22.7. The van der Waals surface area contributed by atoms with E-state index in [1.807, 2.05) is 0 Å². The topological polar surface area (TPSA) is 212 Å². The number of amides is 1. The molecule has 55 heavy (non-hydrogen) atoms. The quantitative estimate of drug-likeness (QED) is 0.0212. The van der Waals surface area contributed by atoms with E-state index in [1.54, 1.807) is 6.08 Å². The van der Waals surface area contributed by atoms with Crippen LogP contribution in [0.3, 0.4) is 0 Å². The van der Waals surface area contributed by atoms with Crippen molar-refractivity contribution in [2.75, 3.05) is 13.2 Å². The molecule has 1 aliphatic heterocycles. The fourth-order valence-electron chi connectivity index (χ4n) is 6.63. The normalized spacial score (nSPS) is 22.4. The summed E-state index contributed by atoms with van der Waals surface area (Å²) < 4.78 is 47.2.